The minimum atomic E-state index is -1.04. The van der Waals surface area contributed by atoms with Crippen LogP contribution in [-0.4, -0.2) is 36.8 Å². The van der Waals surface area contributed by atoms with Crippen molar-refractivity contribution >= 4 is 18.7 Å². The highest BCUT2D eigenvalue weighted by atomic mass is 16.5. The van der Waals surface area contributed by atoms with Crippen LogP contribution in [0.3, 0.4) is 0 Å². The molecule has 1 aromatic carbocycles. The lowest BCUT2D eigenvalue weighted by Crippen LogP contribution is -2.36. The van der Waals surface area contributed by atoms with Crippen LogP contribution in [-0.2, 0) is 11.2 Å². The zero-order chi connectivity index (χ0) is 22.2. The number of ketones is 2. The van der Waals surface area contributed by atoms with Crippen molar-refractivity contribution < 1.29 is 19.3 Å². The molecule has 31 heavy (non-hydrogen) atoms. The number of unbranched alkanes of at least 4 members (excludes halogenated alkanes) is 2. The standard InChI is InChI=1S/C25H38BNO4/c1-3-4-5-12-27-17-20-9-6-8-19(13-20)14-23(29)16-22-15-21-10-7-11-24(18(2)28)25(21)31-26(22)30/h7,10-11,19-20,22,27,30H,3-6,8-9,12-17H2,1-2H3/t19?,20?,22-/m1/s1. The number of hydrogen-bond acceptors (Lipinski definition) is 5. The molecule has 2 unspecified atom stereocenters. The van der Waals surface area contributed by atoms with Gasteiger partial charge in [-0.05, 0) is 69.2 Å². The molecule has 3 rings (SSSR count). The number of carbonyl (C=O) groups is 2. The van der Waals surface area contributed by atoms with Crippen LogP contribution in [0.5, 0.6) is 5.75 Å². The van der Waals surface area contributed by atoms with E-state index in [1.807, 2.05) is 12.1 Å². The first-order valence-electron chi connectivity index (χ1n) is 12.2. The number of hydrogen-bond donors (Lipinski definition) is 2. The summed E-state index contributed by atoms with van der Waals surface area (Å²) in [7, 11) is -1.04. The molecule has 0 bridgehead atoms. The molecule has 1 aliphatic carbocycles. The molecule has 3 atom stereocenters. The summed E-state index contributed by atoms with van der Waals surface area (Å²) in [5.74, 6) is 1.51. The van der Waals surface area contributed by atoms with Gasteiger partial charge in [0, 0.05) is 18.7 Å². The summed E-state index contributed by atoms with van der Waals surface area (Å²) < 4.78 is 5.69. The molecule has 0 saturated heterocycles. The van der Waals surface area contributed by atoms with Crippen molar-refractivity contribution in [1.29, 1.82) is 0 Å². The molecule has 0 radical (unpaired) electrons. The van der Waals surface area contributed by atoms with Crippen LogP contribution in [0.2, 0.25) is 5.82 Å². The normalized spacial score (nSPS) is 23.2. The van der Waals surface area contributed by atoms with Gasteiger partial charge in [-0.2, -0.15) is 0 Å². The van der Waals surface area contributed by atoms with Crippen LogP contribution in [0.15, 0.2) is 18.2 Å². The van der Waals surface area contributed by atoms with E-state index in [2.05, 4.69) is 12.2 Å². The predicted molar refractivity (Wildman–Crippen MR) is 125 cm³/mol. The Morgan fingerprint density at radius 3 is 2.77 bits per heavy atom. The Kier molecular flexibility index (Phi) is 9.15. The van der Waals surface area contributed by atoms with Gasteiger partial charge in [0.05, 0.1) is 5.56 Å². The average Bonchev–Trinajstić information content (AvgIpc) is 2.74. The summed E-state index contributed by atoms with van der Waals surface area (Å²) in [6.07, 6.45) is 10.0. The number of para-hydroxylation sites is 1. The largest absolute Gasteiger partial charge is 0.535 e. The summed E-state index contributed by atoms with van der Waals surface area (Å²) in [6.45, 7) is 5.89. The second-order valence-corrected chi connectivity index (χ2v) is 9.58. The topological polar surface area (TPSA) is 75.6 Å². The second kappa shape index (κ2) is 11.8. The predicted octanol–water partition coefficient (Wildman–Crippen LogP) is 4.61. The minimum absolute atomic E-state index is 0.0784. The van der Waals surface area contributed by atoms with Crippen LogP contribution in [0, 0.1) is 11.8 Å². The molecule has 1 aromatic rings. The monoisotopic (exact) mass is 427 g/mol. The number of Topliss-reactive ketones (excluding diaryl/α,β-unsaturated/α-hetero) is 2. The van der Waals surface area contributed by atoms with Gasteiger partial charge in [0.1, 0.15) is 11.5 Å². The molecule has 170 valence electrons. The van der Waals surface area contributed by atoms with Gasteiger partial charge in [-0.15, -0.1) is 0 Å². The molecule has 0 amide bonds. The number of carbonyl (C=O) groups excluding carboxylic acids is 2. The smallest absolute Gasteiger partial charge is 0.526 e. The Morgan fingerprint density at radius 2 is 2.00 bits per heavy atom. The van der Waals surface area contributed by atoms with E-state index in [1.165, 1.54) is 39.0 Å². The van der Waals surface area contributed by atoms with Crippen LogP contribution in [0.1, 0.15) is 87.6 Å². The highest BCUT2D eigenvalue weighted by Crippen LogP contribution is 2.37. The van der Waals surface area contributed by atoms with E-state index in [0.717, 1.165) is 31.5 Å². The lowest BCUT2D eigenvalue weighted by molar-refractivity contribution is -0.120. The van der Waals surface area contributed by atoms with Gasteiger partial charge in [0.2, 0.25) is 0 Å². The average molecular weight is 427 g/mol. The minimum Gasteiger partial charge on any atom is -0.535 e. The third kappa shape index (κ3) is 6.91. The lowest BCUT2D eigenvalue weighted by atomic mass is 9.64. The maximum absolute atomic E-state index is 12.8. The number of rotatable bonds is 11. The SMILES string of the molecule is CCCCCNCC1CCCC(CC(=O)C[C@H]2Cc3cccc(C(C)=O)c3OB2O)C1. The van der Waals surface area contributed by atoms with Crippen LogP contribution in [0.4, 0.5) is 0 Å². The van der Waals surface area contributed by atoms with Gasteiger partial charge in [-0.3, -0.25) is 9.59 Å². The fourth-order valence-electron chi connectivity index (χ4n) is 5.21. The molecule has 0 spiro atoms. The summed E-state index contributed by atoms with van der Waals surface area (Å²) in [6, 6.07) is 5.48. The van der Waals surface area contributed by atoms with Crippen molar-refractivity contribution in [2.75, 3.05) is 13.1 Å². The zero-order valence-corrected chi connectivity index (χ0v) is 19.2. The molecule has 1 aliphatic heterocycles. The fourth-order valence-corrected chi connectivity index (χ4v) is 5.21. The molecule has 2 N–H and O–H groups in total. The first kappa shape index (κ1) is 24.0. The summed E-state index contributed by atoms with van der Waals surface area (Å²) >= 11 is 0. The Labute approximate surface area is 187 Å². The number of nitrogens with one attached hydrogen (secondary N) is 1. The van der Waals surface area contributed by atoms with E-state index >= 15 is 0 Å². The Morgan fingerprint density at radius 1 is 1.19 bits per heavy atom. The van der Waals surface area contributed by atoms with E-state index in [4.69, 9.17) is 4.65 Å². The summed E-state index contributed by atoms with van der Waals surface area (Å²) in [4.78, 5) is 24.6. The Bertz CT molecular complexity index is 753. The van der Waals surface area contributed by atoms with E-state index in [0.29, 0.717) is 42.4 Å². The van der Waals surface area contributed by atoms with E-state index < -0.39 is 7.12 Å². The maximum atomic E-state index is 12.8. The van der Waals surface area contributed by atoms with Crippen LogP contribution in [0.25, 0.3) is 0 Å². The fraction of sp³-hybridized carbons (Fsp3) is 0.680. The van der Waals surface area contributed by atoms with Crippen molar-refractivity contribution in [3.63, 3.8) is 0 Å². The first-order chi connectivity index (χ1) is 15.0. The Hall–Kier alpha value is -1.66. The van der Waals surface area contributed by atoms with Gasteiger partial charge in [-0.25, -0.2) is 0 Å². The molecule has 5 nitrogen and oxygen atoms in total. The molecule has 1 heterocycles. The molecule has 2 aliphatic rings. The van der Waals surface area contributed by atoms with Gasteiger partial charge < -0.3 is 15.0 Å². The molecular formula is C25H38BNO4. The third-order valence-electron chi connectivity index (χ3n) is 6.89. The van der Waals surface area contributed by atoms with E-state index in [9.17, 15) is 14.6 Å². The zero-order valence-electron chi connectivity index (χ0n) is 19.2. The highest BCUT2D eigenvalue weighted by Gasteiger charge is 2.37. The lowest BCUT2D eigenvalue weighted by Gasteiger charge is -2.30. The van der Waals surface area contributed by atoms with Gasteiger partial charge in [-0.1, -0.05) is 44.7 Å². The third-order valence-corrected chi connectivity index (χ3v) is 6.89. The molecule has 1 saturated carbocycles. The number of benzene rings is 1. The second-order valence-electron chi connectivity index (χ2n) is 9.58. The van der Waals surface area contributed by atoms with Crippen molar-refractivity contribution in [2.45, 2.75) is 83.9 Å². The highest BCUT2D eigenvalue weighted by molar-refractivity contribution is 6.47. The quantitative estimate of drug-likeness (QED) is 0.306. The van der Waals surface area contributed by atoms with Crippen LogP contribution < -0.4 is 9.97 Å². The van der Waals surface area contributed by atoms with Crippen molar-refractivity contribution in [3.05, 3.63) is 29.3 Å². The summed E-state index contributed by atoms with van der Waals surface area (Å²) in [5, 5.41) is 14.1. The van der Waals surface area contributed by atoms with E-state index in [1.54, 1.807) is 6.07 Å². The van der Waals surface area contributed by atoms with Crippen molar-refractivity contribution in [2.24, 2.45) is 11.8 Å². The first-order valence-corrected chi connectivity index (χ1v) is 12.2. The summed E-state index contributed by atoms with van der Waals surface area (Å²) in [5.41, 5.74) is 1.40. The Balaban J connectivity index is 1.47. The molecular weight excluding hydrogens is 389 g/mol. The molecule has 0 aromatic heterocycles. The van der Waals surface area contributed by atoms with Gasteiger partial charge in [0.25, 0.3) is 0 Å². The van der Waals surface area contributed by atoms with Gasteiger partial charge >= 0.3 is 7.12 Å². The molecule has 6 heteroatoms. The van der Waals surface area contributed by atoms with Crippen molar-refractivity contribution in [1.82, 2.24) is 5.32 Å². The maximum Gasteiger partial charge on any atom is 0.526 e. The van der Waals surface area contributed by atoms with E-state index in [-0.39, 0.29) is 17.4 Å². The van der Waals surface area contributed by atoms with Crippen molar-refractivity contribution in [3.8, 4) is 5.75 Å². The molecule has 1 fully saturated rings. The van der Waals surface area contributed by atoms with Crippen LogP contribution >= 0.6 is 0 Å². The number of fused-ring (bicyclic) bond motifs is 1. The van der Waals surface area contributed by atoms with Gasteiger partial charge in [0.15, 0.2) is 5.78 Å².